The Morgan fingerprint density at radius 3 is 2.65 bits per heavy atom. The van der Waals surface area contributed by atoms with Gasteiger partial charge in [-0.25, -0.2) is 0 Å². The van der Waals surface area contributed by atoms with Gasteiger partial charge in [0.2, 0.25) is 5.91 Å². The molecule has 1 aliphatic rings. The number of carbonyl (C=O) groups is 1. The van der Waals surface area contributed by atoms with E-state index in [0.29, 0.717) is 19.0 Å². The first kappa shape index (κ1) is 17.3. The van der Waals surface area contributed by atoms with E-state index in [1.807, 2.05) is 24.3 Å². The Bertz CT molecular complexity index is 422. The summed E-state index contributed by atoms with van der Waals surface area (Å²) in [6.07, 6.45) is 4.03. The van der Waals surface area contributed by atoms with Gasteiger partial charge < -0.3 is 11.1 Å². The molecule has 0 aromatic heterocycles. The van der Waals surface area contributed by atoms with Crippen molar-refractivity contribution in [2.45, 2.75) is 25.7 Å². The minimum Gasteiger partial charge on any atom is -0.356 e. The normalized spacial score (nSPS) is 21.3. The van der Waals surface area contributed by atoms with E-state index in [2.05, 4.69) is 5.32 Å². The molecular formula is C15H22Cl2N2O. The Morgan fingerprint density at radius 2 is 2.00 bits per heavy atom. The predicted molar refractivity (Wildman–Crippen MR) is 85.3 cm³/mol. The van der Waals surface area contributed by atoms with Gasteiger partial charge in [0, 0.05) is 17.5 Å². The maximum Gasteiger partial charge on any atom is 0.223 e. The molecule has 0 bridgehead atoms. The number of halogens is 2. The smallest absolute Gasteiger partial charge is 0.223 e. The van der Waals surface area contributed by atoms with Crippen LogP contribution in [-0.4, -0.2) is 19.0 Å². The largest absolute Gasteiger partial charge is 0.356 e. The fraction of sp³-hybridized carbons (Fsp3) is 0.533. The van der Waals surface area contributed by atoms with Gasteiger partial charge in [0.15, 0.2) is 0 Å². The second-order valence-corrected chi connectivity index (χ2v) is 5.64. The van der Waals surface area contributed by atoms with Gasteiger partial charge in [-0.15, -0.1) is 12.4 Å². The summed E-state index contributed by atoms with van der Waals surface area (Å²) in [5, 5.41) is 3.76. The van der Waals surface area contributed by atoms with Crippen molar-refractivity contribution in [3.63, 3.8) is 0 Å². The van der Waals surface area contributed by atoms with Crippen molar-refractivity contribution in [3.05, 3.63) is 34.9 Å². The number of carbonyl (C=O) groups excluding carboxylic acids is 1. The molecule has 0 radical (unpaired) electrons. The van der Waals surface area contributed by atoms with Gasteiger partial charge in [0.25, 0.3) is 0 Å². The van der Waals surface area contributed by atoms with E-state index in [1.54, 1.807) is 0 Å². The predicted octanol–water partition coefficient (Wildman–Crippen LogP) is 2.80. The molecule has 0 heterocycles. The first-order valence-corrected chi connectivity index (χ1v) is 7.30. The van der Waals surface area contributed by atoms with Gasteiger partial charge >= 0.3 is 0 Å². The lowest BCUT2D eigenvalue weighted by atomic mass is 9.95. The molecule has 0 unspecified atom stereocenters. The lowest BCUT2D eigenvalue weighted by Crippen LogP contribution is -2.36. The SMILES string of the molecule is Cl.NC[C@H]1CCC[C@H]1C(=O)NCCc1ccc(Cl)cc1. The van der Waals surface area contributed by atoms with Crippen molar-refractivity contribution in [2.24, 2.45) is 17.6 Å². The Kier molecular flexibility index (Phi) is 7.35. The van der Waals surface area contributed by atoms with Crippen LogP contribution in [0.5, 0.6) is 0 Å². The van der Waals surface area contributed by atoms with Crippen LogP contribution in [0.15, 0.2) is 24.3 Å². The van der Waals surface area contributed by atoms with Crippen LogP contribution in [0.2, 0.25) is 5.02 Å². The molecule has 1 saturated carbocycles. The third kappa shape index (κ3) is 4.65. The second kappa shape index (κ2) is 8.50. The van der Waals surface area contributed by atoms with Crippen LogP contribution in [0.1, 0.15) is 24.8 Å². The van der Waals surface area contributed by atoms with Crippen LogP contribution in [0.25, 0.3) is 0 Å². The van der Waals surface area contributed by atoms with E-state index in [1.165, 1.54) is 5.56 Å². The third-order valence-electron chi connectivity index (χ3n) is 3.92. The Balaban J connectivity index is 0.00000200. The Morgan fingerprint density at radius 1 is 1.30 bits per heavy atom. The van der Waals surface area contributed by atoms with Gasteiger partial charge in [0.05, 0.1) is 0 Å². The summed E-state index contributed by atoms with van der Waals surface area (Å²) in [5.74, 6) is 0.660. The maximum absolute atomic E-state index is 12.1. The molecule has 1 aromatic rings. The van der Waals surface area contributed by atoms with Crippen LogP contribution < -0.4 is 11.1 Å². The monoisotopic (exact) mass is 316 g/mol. The molecule has 5 heteroatoms. The quantitative estimate of drug-likeness (QED) is 0.877. The van der Waals surface area contributed by atoms with Crippen molar-refractivity contribution in [2.75, 3.05) is 13.1 Å². The molecule has 2 atom stereocenters. The minimum atomic E-state index is 0. The second-order valence-electron chi connectivity index (χ2n) is 5.20. The number of hydrogen-bond acceptors (Lipinski definition) is 2. The molecule has 112 valence electrons. The number of nitrogens with one attached hydrogen (secondary N) is 1. The average molecular weight is 317 g/mol. The molecule has 0 saturated heterocycles. The van der Waals surface area contributed by atoms with Crippen molar-refractivity contribution in [1.29, 1.82) is 0 Å². The number of rotatable bonds is 5. The van der Waals surface area contributed by atoms with Crippen molar-refractivity contribution in [3.8, 4) is 0 Å². The highest BCUT2D eigenvalue weighted by atomic mass is 35.5. The van der Waals surface area contributed by atoms with E-state index in [9.17, 15) is 4.79 Å². The van der Waals surface area contributed by atoms with Gasteiger partial charge in [-0.2, -0.15) is 0 Å². The summed E-state index contributed by atoms with van der Waals surface area (Å²) in [4.78, 5) is 12.1. The van der Waals surface area contributed by atoms with Gasteiger partial charge in [-0.3, -0.25) is 4.79 Å². The lowest BCUT2D eigenvalue weighted by Gasteiger charge is -2.17. The molecule has 1 aliphatic carbocycles. The molecular weight excluding hydrogens is 295 g/mol. The fourth-order valence-corrected chi connectivity index (χ4v) is 2.90. The highest BCUT2D eigenvalue weighted by Crippen LogP contribution is 2.30. The summed E-state index contributed by atoms with van der Waals surface area (Å²) in [5.41, 5.74) is 6.89. The average Bonchev–Trinajstić information content (AvgIpc) is 2.89. The third-order valence-corrected chi connectivity index (χ3v) is 4.18. The first-order valence-electron chi connectivity index (χ1n) is 6.93. The van der Waals surface area contributed by atoms with E-state index in [-0.39, 0.29) is 24.2 Å². The number of nitrogens with two attached hydrogens (primary N) is 1. The zero-order chi connectivity index (χ0) is 13.7. The van der Waals surface area contributed by atoms with Crippen LogP contribution in [0, 0.1) is 11.8 Å². The van der Waals surface area contributed by atoms with Gasteiger partial charge in [0.1, 0.15) is 0 Å². The van der Waals surface area contributed by atoms with Crippen LogP contribution in [0.3, 0.4) is 0 Å². The van der Waals surface area contributed by atoms with Gasteiger partial charge in [-0.1, -0.05) is 30.2 Å². The molecule has 0 aliphatic heterocycles. The zero-order valence-corrected chi connectivity index (χ0v) is 13.1. The summed E-state index contributed by atoms with van der Waals surface area (Å²) in [7, 11) is 0. The van der Waals surface area contributed by atoms with E-state index < -0.39 is 0 Å². The first-order chi connectivity index (χ1) is 9.20. The minimum absolute atomic E-state index is 0. The molecule has 0 spiro atoms. The fourth-order valence-electron chi connectivity index (χ4n) is 2.78. The highest BCUT2D eigenvalue weighted by molar-refractivity contribution is 6.30. The Labute approximate surface area is 131 Å². The summed E-state index contributed by atoms with van der Waals surface area (Å²) in [6.45, 7) is 1.30. The van der Waals surface area contributed by atoms with Crippen molar-refractivity contribution in [1.82, 2.24) is 5.32 Å². The lowest BCUT2D eigenvalue weighted by molar-refractivity contribution is -0.125. The molecule has 1 amide bonds. The number of hydrogen-bond donors (Lipinski definition) is 2. The molecule has 20 heavy (non-hydrogen) atoms. The highest BCUT2D eigenvalue weighted by Gasteiger charge is 2.31. The van der Waals surface area contributed by atoms with Crippen LogP contribution >= 0.6 is 24.0 Å². The van der Waals surface area contributed by atoms with Gasteiger partial charge in [-0.05, 0) is 49.4 Å². The number of amides is 1. The van der Waals surface area contributed by atoms with Crippen molar-refractivity contribution >= 4 is 29.9 Å². The van der Waals surface area contributed by atoms with E-state index in [0.717, 1.165) is 30.7 Å². The van der Waals surface area contributed by atoms with Crippen molar-refractivity contribution < 1.29 is 4.79 Å². The van der Waals surface area contributed by atoms with E-state index >= 15 is 0 Å². The van der Waals surface area contributed by atoms with Crippen LogP contribution in [0.4, 0.5) is 0 Å². The number of benzene rings is 1. The molecule has 2 rings (SSSR count). The molecule has 1 aromatic carbocycles. The zero-order valence-electron chi connectivity index (χ0n) is 11.5. The maximum atomic E-state index is 12.1. The summed E-state index contributed by atoms with van der Waals surface area (Å²) >= 11 is 5.83. The molecule has 1 fully saturated rings. The van der Waals surface area contributed by atoms with E-state index in [4.69, 9.17) is 17.3 Å². The Hall–Kier alpha value is -0.770. The molecule has 3 N–H and O–H groups in total. The topological polar surface area (TPSA) is 55.1 Å². The van der Waals surface area contributed by atoms with Crippen LogP contribution in [-0.2, 0) is 11.2 Å². The molecule has 3 nitrogen and oxygen atoms in total. The summed E-state index contributed by atoms with van der Waals surface area (Å²) < 4.78 is 0. The standard InChI is InChI=1S/C15H21ClN2O.ClH/c16-13-6-4-11(5-7-13)8-9-18-15(19)14-3-1-2-12(14)10-17;/h4-7,12,14H,1-3,8-10,17H2,(H,18,19);1H/t12-,14-;/m1./s1. The summed E-state index contributed by atoms with van der Waals surface area (Å²) in [6, 6.07) is 7.74.